The van der Waals surface area contributed by atoms with E-state index < -0.39 is 0 Å². The molecular weight excluding hydrogens is 849 g/mol. The lowest BCUT2D eigenvalue weighted by Gasteiger charge is -2.33. The maximum Gasteiger partial charge on any atom is 0.123 e. The van der Waals surface area contributed by atoms with Crippen LogP contribution in [0.5, 0.6) is 0 Å². The molecule has 1 aliphatic carbocycles. The lowest BCUT2D eigenvalue weighted by atomic mass is 9.70. The fourth-order valence-corrected chi connectivity index (χ4v) is 12.9. The third kappa shape index (κ3) is 8.76. The first kappa shape index (κ1) is 43.6. The van der Waals surface area contributed by atoms with E-state index in [-0.39, 0.29) is 5.41 Å². The van der Waals surface area contributed by atoms with Crippen LogP contribution >= 0.6 is 22.7 Å². The number of rotatable bonds is 18. The first-order valence-electron chi connectivity index (χ1n) is 25.1. The van der Waals surface area contributed by atoms with Crippen molar-refractivity contribution < 1.29 is 0 Å². The highest BCUT2D eigenvalue weighted by Crippen LogP contribution is 2.56. The average Bonchev–Trinajstić information content (AvgIpc) is 4.13. The Bertz CT molecular complexity index is 3140. The van der Waals surface area contributed by atoms with Crippen molar-refractivity contribution in [3.05, 3.63) is 169 Å². The van der Waals surface area contributed by atoms with E-state index in [1.165, 1.54) is 187 Å². The zero-order chi connectivity index (χ0) is 45.2. The van der Waals surface area contributed by atoms with Gasteiger partial charge in [0.05, 0.1) is 9.75 Å². The molecule has 4 heteroatoms. The second-order valence-electron chi connectivity index (χ2n) is 19.2. The van der Waals surface area contributed by atoms with Crippen molar-refractivity contribution in [3.8, 4) is 53.2 Å². The second-order valence-corrected chi connectivity index (χ2v) is 21.3. The third-order valence-electron chi connectivity index (χ3n) is 14.8. The number of thiazole rings is 2. The molecule has 2 aromatic heterocycles. The van der Waals surface area contributed by atoms with Crippen molar-refractivity contribution in [2.45, 2.75) is 109 Å². The van der Waals surface area contributed by atoms with Gasteiger partial charge >= 0.3 is 0 Å². The molecule has 0 unspecified atom stereocenters. The molecule has 2 heterocycles. The van der Waals surface area contributed by atoms with E-state index in [0.717, 1.165) is 10.0 Å². The summed E-state index contributed by atoms with van der Waals surface area (Å²) in [5, 5.41) is 12.4. The topological polar surface area (TPSA) is 25.8 Å². The molecule has 0 spiro atoms. The summed E-state index contributed by atoms with van der Waals surface area (Å²) in [7, 11) is 0. The van der Waals surface area contributed by atoms with Crippen molar-refractivity contribution in [1.82, 2.24) is 9.97 Å². The molecule has 1 aliphatic rings. The summed E-state index contributed by atoms with van der Waals surface area (Å²) in [6.07, 6.45) is 22.1. The van der Waals surface area contributed by atoms with Crippen molar-refractivity contribution in [1.29, 1.82) is 0 Å². The van der Waals surface area contributed by atoms with E-state index in [1.807, 2.05) is 22.7 Å². The summed E-state index contributed by atoms with van der Waals surface area (Å²) < 4.78 is 0. The highest BCUT2D eigenvalue weighted by molar-refractivity contribution is 7.18. The molecule has 2 nitrogen and oxygen atoms in total. The van der Waals surface area contributed by atoms with Crippen LogP contribution in [0.25, 0.3) is 96.2 Å². The van der Waals surface area contributed by atoms with Gasteiger partial charge in [0.15, 0.2) is 0 Å². The van der Waals surface area contributed by atoms with Crippen molar-refractivity contribution in [2.75, 3.05) is 0 Å². The minimum Gasteiger partial charge on any atom is -0.244 e. The highest BCUT2D eigenvalue weighted by Gasteiger charge is 2.43. The van der Waals surface area contributed by atoms with Crippen LogP contribution in [0.4, 0.5) is 0 Å². The van der Waals surface area contributed by atoms with E-state index in [9.17, 15) is 0 Å². The van der Waals surface area contributed by atoms with Gasteiger partial charge in [0.25, 0.3) is 0 Å². The number of nitrogens with zero attached hydrogens (tertiary/aromatic N) is 2. The zero-order valence-electron chi connectivity index (χ0n) is 39.1. The van der Waals surface area contributed by atoms with Gasteiger partial charge in [-0.1, -0.05) is 188 Å². The average molecular weight is 909 g/mol. The van der Waals surface area contributed by atoms with Crippen LogP contribution in [-0.2, 0) is 5.41 Å². The van der Waals surface area contributed by atoms with E-state index in [4.69, 9.17) is 9.97 Å². The predicted molar refractivity (Wildman–Crippen MR) is 292 cm³/mol. The predicted octanol–water partition coefficient (Wildman–Crippen LogP) is 19.6. The van der Waals surface area contributed by atoms with Crippen LogP contribution in [0.1, 0.15) is 115 Å². The standard InChI is InChI=1S/C63H60N2S2/c1-3-5-7-9-11-17-31-63(32-18-12-10-8-6-4-2)57-39-51(61-64-41-59(66-61)49-25-23-47-33-43-19-13-15-21-45(43)35-53(47)37-49)27-29-55(57)56-30-28-52(40-58(56)63)62-65-42-60(67-62)50-26-24-48-34-44-20-14-16-22-46(44)36-54(48)38-50/h13-16,19-30,33-42H,3-12,17-18,31-32H2,1-2H3. The van der Waals surface area contributed by atoms with Crippen molar-refractivity contribution >= 4 is 65.8 Å². The summed E-state index contributed by atoms with van der Waals surface area (Å²) in [6.45, 7) is 4.64. The number of aromatic nitrogens is 2. The maximum atomic E-state index is 5.15. The molecule has 67 heavy (non-hydrogen) atoms. The van der Waals surface area contributed by atoms with Crippen LogP contribution in [0.2, 0.25) is 0 Å². The Morgan fingerprint density at radius 3 is 1.16 bits per heavy atom. The van der Waals surface area contributed by atoms with Gasteiger partial charge in [0.1, 0.15) is 10.0 Å². The normalized spacial score (nSPS) is 13.0. The van der Waals surface area contributed by atoms with Gasteiger partial charge in [-0.15, -0.1) is 22.7 Å². The van der Waals surface area contributed by atoms with Gasteiger partial charge in [-0.3, -0.25) is 0 Å². The third-order valence-corrected chi connectivity index (χ3v) is 16.9. The van der Waals surface area contributed by atoms with Gasteiger partial charge in [-0.2, -0.15) is 0 Å². The molecule has 0 aliphatic heterocycles. The number of unbranched alkanes of at least 4 members (excludes halogenated alkanes) is 10. The molecule has 8 aromatic carbocycles. The number of fused-ring (bicyclic) bond motifs is 7. The maximum absolute atomic E-state index is 5.15. The van der Waals surface area contributed by atoms with Gasteiger partial charge in [-0.05, 0) is 138 Å². The van der Waals surface area contributed by atoms with E-state index in [0.29, 0.717) is 0 Å². The molecule has 334 valence electrons. The van der Waals surface area contributed by atoms with E-state index >= 15 is 0 Å². The molecule has 0 radical (unpaired) electrons. The van der Waals surface area contributed by atoms with Crippen LogP contribution < -0.4 is 0 Å². The Hall–Kier alpha value is -5.94. The molecule has 0 saturated heterocycles. The second kappa shape index (κ2) is 19.3. The van der Waals surface area contributed by atoms with Crippen molar-refractivity contribution in [3.63, 3.8) is 0 Å². The lowest BCUT2D eigenvalue weighted by molar-refractivity contribution is 0.398. The molecule has 0 bridgehead atoms. The summed E-state index contributed by atoms with van der Waals surface area (Å²) in [6, 6.07) is 55.0. The summed E-state index contributed by atoms with van der Waals surface area (Å²) >= 11 is 3.64. The molecule has 11 rings (SSSR count). The SMILES string of the molecule is CCCCCCCCC1(CCCCCCCC)c2cc(-c3ncc(-c4ccc5cc6ccccc6cc5c4)s3)ccc2-c2ccc(-c3ncc(-c4ccc5cc6ccccc6cc5c4)s3)cc21. The molecule has 0 amide bonds. The summed E-state index contributed by atoms with van der Waals surface area (Å²) in [4.78, 5) is 12.7. The van der Waals surface area contributed by atoms with Crippen LogP contribution in [0.3, 0.4) is 0 Å². The molecule has 0 fully saturated rings. The Balaban J connectivity index is 0.952. The molecule has 0 atom stereocenters. The van der Waals surface area contributed by atoms with Crippen LogP contribution in [-0.4, -0.2) is 9.97 Å². The lowest BCUT2D eigenvalue weighted by Crippen LogP contribution is -2.25. The Morgan fingerprint density at radius 1 is 0.358 bits per heavy atom. The van der Waals surface area contributed by atoms with Gasteiger partial charge < -0.3 is 0 Å². The smallest absolute Gasteiger partial charge is 0.123 e. The molecule has 10 aromatic rings. The van der Waals surface area contributed by atoms with E-state index in [1.54, 1.807) is 0 Å². The van der Waals surface area contributed by atoms with Gasteiger partial charge in [-0.25, -0.2) is 9.97 Å². The summed E-state index contributed by atoms with van der Waals surface area (Å²) in [5.41, 5.74) is 10.7. The fourth-order valence-electron chi connectivity index (χ4n) is 11.1. The Morgan fingerprint density at radius 2 is 0.731 bits per heavy atom. The molecule has 0 saturated carbocycles. The number of benzene rings is 8. The summed E-state index contributed by atoms with van der Waals surface area (Å²) in [5.74, 6) is 0. The van der Waals surface area contributed by atoms with Crippen molar-refractivity contribution in [2.24, 2.45) is 0 Å². The van der Waals surface area contributed by atoms with Gasteiger partial charge in [0.2, 0.25) is 0 Å². The zero-order valence-corrected chi connectivity index (χ0v) is 40.8. The monoisotopic (exact) mass is 908 g/mol. The Labute approximate surface area is 404 Å². The van der Waals surface area contributed by atoms with Crippen LogP contribution in [0, 0.1) is 0 Å². The fraction of sp³-hybridized carbons (Fsp3) is 0.270. The largest absolute Gasteiger partial charge is 0.244 e. The first-order valence-corrected chi connectivity index (χ1v) is 26.8. The first-order chi connectivity index (χ1) is 33.1. The quantitative estimate of drug-likeness (QED) is 0.0633. The van der Waals surface area contributed by atoms with Gasteiger partial charge in [0, 0.05) is 28.9 Å². The van der Waals surface area contributed by atoms with E-state index in [2.05, 4.69) is 172 Å². The van der Waals surface area contributed by atoms with Crippen LogP contribution in [0.15, 0.2) is 158 Å². The molecular formula is C63H60N2S2. The minimum absolute atomic E-state index is 0.0609. The molecule has 0 N–H and O–H groups in total. The number of hydrogen-bond acceptors (Lipinski definition) is 4. The highest BCUT2D eigenvalue weighted by atomic mass is 32.1. The minimum atomic E-state index is -0.0609. The number of hydrogen-bond donors (Lipinski definition) is 0. The Kier molecular flexibility index (Phi) is 12.6.